The van der Waals surface area contributed by atoms with Crippen molar-refractivity contribution < 1.29 is 4.79 Å². The number of benzene rings is 1. The zero-order chi connectivity index (χ0) is 10.7. The van der Waals surface area contributed by atoms with Gasteiger partial charge in [-0.3, -0.25) is 9.78 Å². The number of aromatic nitrogens is 2. The van der Waals surface area contributed by atoms with Gasteiger partial charge in [-0.1, -0.05) is 12.1 Å². The lowest BCUT2D eigenvalue weighted by Gasteiger charge is -1.96. The van der Waals surface area contributed by atoms with Crippen molar-refractivity contribution in [3.63, 3.8) is 0 Å². The van der Waals surface area contributed by atoms with Gasteiger partial charge >= 0.3 is 5.91 Å². The number of fused-ring (bicyclic) bond motifs is 1. The Morgan fingerprint density at radius 2 is 2.07 bits per heavy atom. The Balaban J connectivity index is 2.56. The SMILES string of the molecule is O=C(N=C=S)c1cnc2ccccc2n1. The van der Waals surface area contributed by atoms with Crippen LogP contribution >= 0.6 is 12.2 Å². The number of aliphatic imine (C=N–C) groups is 1. The van der Waals surface area contributed by atoms with E-state index in [9.17, 15) is 4.79 Å². The van der Waals surface area contributed by atoms with Crippen LogP contribution in [0.5, 0.6) is 0 Å². The van der Waals surface area contributed by atoms with E-state index in [0.717, 1.165) is 5.52 Å². The van der Waals surface area contributed by atoms with Crippen molar-refractivity contribution in [1.82, 2.24) is 9.97 Å². The van der Waals surface area contributed by atoms with E-state index in [1.807, 2.05) is 23.4 Å². The van der Waals surface area contributed by atoms with Crippen molar-refractivity contribution in [3.05, 3.63) is 36.2 Å². The van der Waals surface area contributed by atoms with Crippen LogP contribution in [0.25, 0.3) is 11.0 Å². The number of para-hydroxylation sites is 2. The van der Waals surface area contributed by atoms with Gasteiger partial charge in [0.05, 0.1) is 22.4 Å². The molecule has 0 aliphatic heterocycles. The molecule has 2 rings (SSSR count). The predicted octanol–water partition coefficient (Wildman–Crippen LogP) is 1.87. The minimum atomic E-state index is -0.525. The molecular formula is C10H5N3OS. The molecule has 0 N–H and O–H groups in total. The van der Waals surface area contributed by atoms with Crippen LogP contribution in [0, 0.1) is 0 Å². The Kier molecular flexibility index (Phi) is 2.58. The first-order valence-corrected chi connectivity index (χ1v) is 4.56. The number of amides is 1. The summed E-state index contributed by atoms with van der Waals surface area (Å²) < 4.78 is 0. The van der Waals surface area contributed by atoms with Crippen molar-refractivity contribution in [2.45, 2.75) is 0 Å². The van der Waals surface area contributed by atoms with Crippen LogP contribution < -0.4 is 0 Å². The quantitative estimate of drug-likeness (QED) is 0.538. The summed E-state index contributed by atoms with van der Waals surface area (Å²) in [4.78, 5) is 22.8. The molecule has 1 aromatic carbocycles. The normalized spacial score (nSPS) is 9.60. The Labute approximate surface area is 90.7 Å². The lowest BCUT2D eigenvalue weighted by Crippen LogP contribution is -1.99. The molecule has 0 fully saturated rings. The van der Waals surface area contributed by atoms with Gasteiger partial charge in [0.25, 0.3) is 0 Å². The molecule has 0 atom stereocenters. The summed E-state index contributed by atoms with van der Waals surface area (Å²) in [6.45, 7) is 0. The van der Waals surface area contributed by atoms with Crippen molar-refractivity contribution in [2.24, 2.45) is 4.99 Å². The highest BCUT2D eigenvalue weighted by Crippen LogP contribution is 2.08. The van der Waals surface area contributed by atoms with Gasteiger partial charge in [0.2, 0.25) is 0 Å². The molecule has 15 heavy (non-hydrogen) atoms. The van der Waals surface area contributed by atoms with Gasteiger partial charge < -0.3 is 0 Å². The first kappa shape index (κ1) is 9.58. The zero-order valence-corrected chi connectivity index (χ0v) is 8.36. The van der Waals surface area contributed by atoms with Gasteiger partial charge in [-0.25, -0.2) is 4.98 Å². The average Bonchev–Trinajstić information content (AvgIpc) is 2.29. The summed E-state index contributed by atoms with van der Waals surface area (Å²) in [7, 11) is 0. The monoisotopic (exact) mass is 215 g/mol. The molecule has 0 radical (unpaired) electrons. The third-order valence-electron chi connectivity index (χ3n) is 1.81. The molecule has 0 aliphatic carbocycles. The Morgan fingerprint density at radius 1 is 1.33 bits per heavy atom. The van der Waals surface area contributed by atoms with Crippen LogP contribution in [0.3, 0.4) is 0 Å². The molecule has 0 unspecified atom stereocenters. The second-order valence-corrected chi connectivity index (χ2v) is 2.93. The number of isothiocyanates is 1. The highest BCUT2D eigenvalue weighted by molar-refractivity contribution is 7.78. The molecule has 1 aromatic heterocycles. The third kappa shape index (κ3) is 1.93. The fourth-order valence-corrected chi connectivity index (χ4v) is 1.24. The summed E-state index contributed by atoms with van der Waals surface area (Å²) in [5.41, 5.74) is 1.56. The van der Waals surface area contributed by atoms with E-state index in [4.69, 9.17) is 0 Å². The molecule has 72 valence electrons. The van der Waals surface area contributed by atoms with Gasteiger partial charge in [-0.05, 0) is 24.4 Å². The largest absolute Gasteiger partial charge is 0.306 e. The molecule has 2 aromatic rings. The number of nitrogens with zero attached hydrogens (tertiary/aromatic N) is 3. The molecule has 0 saturated carbocycles. The predicted molar refractivity (Wildman–Crippen MR) is 58.9 cm³/mol. The Bertz CT molecular complexity index is 576. The summed E-state index contributed by atoms with van der Waals surface area (Å²) >= 11 is 4.34. The van der Waals surface area contributed by atoms with E-state index in [2.05, 4.69) is 27.2 Å². The van der Waals surface area contributed by atoms with Crippen molar-refractivity contribution >= 4 is 34.3 Å². The van der Waals surface area contributed by atoms with E-state index in [0.29, 0.717) is 5.52 Å². The van der Waals surface area contributed by atoms with Crippen molar-refractivity contribution in [2.75, 3.05) is 0 Å². The highest BCUT2D eigenvalue weighted by atomic mass is 32.1. The first-order valence-electron chi connectivity index (χ1n) is 4.15. The summed E-state index contributed by atoms with van der Waals surface area (Å²) in [5, 5.41) is 2.01. The standard InChI is InChI=1S/C10H5N3OS/c14-10(12-6-15)9-5-11-7-3-1-2-4-8(7)13-9/h1-5H. The average molecular weight is 215 g/mol. The molecule has 5 heteroatoms. The highest BCUT2D eigenvalue weighted by Gasteiger charge is 2.06. The van der Waals surface area contributed by atoms with Crippen LogP contribution in [-0.2, 0) is 0 Å². The van der Waals surface area contributed by atoms with Gasteiger partial charge in [0.15, 0.2) is 0 Å². The van der Waals surface area contributed by atoms with E-state index in [-0.39, 0.29) is 5.69 Å². The molecular weight excluding hydrogens is 210 g/mol. The summed E-state index contributed by atoms with van der Waals surface area (Å²) in [6.07, 6.45) is 1.38. The smallest absolute Gasteiger partial charge is 0.264 e. The lowest BCUT2D eigenvalue weighted by molar-refractivity contribution is 0.0999. The number of hydrogen-bond donors (Lipinski definition) is 0. The number of carbonyl (C=O) groups excluding carboxylic acids is 1. The van der Waals surface area contributed by atoms with E-state index < -0.39 is 5.91 Å². The molecule has 1 heterocycles. The van der Waals surface area contributed by atoms with E-state index in [1.165, 1.54) is 6.20 Å². The molecule has 4 nitrogen and oxygen atoms in total. The minimum Gasteiger partial charge on any atom is -0.264 e. The topological polar surface area (TPSA) is 55.2 Å². The van der Waals surface area contributed by atoms with Crippen molar-refractivity contribution in [1.29, 1.82) is 0 Å². The second kappa shape index (κ2) is 4.04. The van der Waals surface area contributed by atoms with Crippen LogP contribution in [0.1, 0.15) is 10.5 Å². The summed E-state index contributed by atoms with van der Waals surface area (Å²) in [5.74, 6) is -0.525. The van der Waals surface area contributed by atoms with Crippen molar-refractivity contribution in [3.8, 4) is 0 Å². The Morgan fingerprint density at radius 3 is 2.80 bits per heavy atom. The molecule has 0 saturated heterocycles. The molecule has 0 bridgehead atoms. The number of thiocarbonyl (C=S) groups is 1. The third-order valence-corrected chi connectivity index (χ3v) is 1.91. The fourth-order valence-electron chi connectivity index (χ4n) is 1.16. The summed E-state index contributed by atoms with van der Waals surface area (Å²) in [6, 6.07) is 7.28. The lowest BCUT2D eigenvalue weighted by atomic mass is 10.3. The maximum absolute atomic E-state index is 11.3. The molecule has 1 amide bonds. The maximum atomic E-state index is 11.3. The minimum absolute atomic E-state index is 0.172. The van der Waals surface area contributed by atoms with Crippen LogP contribution in [0.4, 0.5) is 0 Å². The van der Waals surface area contributed by atoms with Gasteiger partial charge in [-0.2, -0.15) is 4.99 Å². The Hall–Kier alpha value is -1.97. The number of carbonyl (C=O) groups is 1. The molecule has 0 aliphatic rings. The van der Waals surface area contributed by atoms with Gasteiger partial charge in [0, 0.05) is 0 Å². The second-order valence-electron chi connectivity index (χ2n) is 2.75. The first-order chi connectivity index (χ1) is 7.31. The number of rotatable bonds is 1. The number of hydrogen-bond acceptors (Lipinski definition) is 4. The zero-order valence-electron chi connectivity index (χ0n) is 7.54. The maximum Gasteiger partial charge on any atom is 0.306 e. The van der Waals surface area contributed by atoms with E-state index >= 15 is 0 Å². The van der Waals surface area contributed by atoms with Gasteiger partial charge in [0.1, 0.15) is 5.69 Å². The molecule has 0 spiro atoms. The van der Waals surface area contributed by atoms with Crippen LogP contribution in [-0.4, -0.2) is 21.0 Å². The van der Waals surface area contributed by atoms with Gasteiger partial charge in [-0.15, -0.1) is 0 Å². The van der Waals surface area contributed by atoms with E-state index in [1.54, 1.807) is 6.07 Å². The van der Waals surface area contributed by atoms with Crippen LogP contribution in [0.15, 0.2) is 35.5 Å². The fraction of sp³-hybridized carbons (Fsp3) is 0. The van der Waals surface area contributed by atoms with Crippen LogP contribution in [0.2, 0.25) is 0 Å².